The van der Waals surface area contributed by atoms with Crippen LogP contribution in [0.1, 0.15) is 32.3 Å². The Morgan fingerprint density at radius 1 is 1.28 bits per heavy atom. The molecular weight excluding hydrogens is 228 g/mol. The van der Waals surface area contributed by atoms with Gasteiger partial charge < -0.3 is 9.84 Å². The second-order valence-corrected chi connectivity index (χ2v) is 4.40. The molecule has 1 N–H and O–H groups in total. The zero-order valence-electron chi connectivity index (χ0n) is 11.1. The van der Waals surface area contributed by atoms with Crippen molar-refractivity contribution in [3.05, 3.63) is 35.9 Å². The number of rotatable bonds is 7. The maximum Gasteiger partial charge on any atom is 0.311 e. The van der Waals surface area contributed by atoms with Crippen LogP contribution in [-0.4, -0.2) is 23.8 Å². The lowest BCUT2D eigenvalue weighted by atomic mass is 9.92. The third-order valence-electron chi connectivity index (χ3n) is 2.94. The van der Waals surface area contributed by atoms with E-state index in [2.05, 4.69) is 0 Å². The van der Waals surface area contributed by atoms with Crippen molar-refractivity contribution in [2.24, 2.45) is 5.92 Å². The van der Waals surface area contributed by atoms with Crippen molar-refractivity contribution in [3.8, 4) is 0 Å². The summed E-state index contributed by atoms with van der Waals surface area (Å²) in [6.07, 6.45) is 1.33. The van der Waals surface area contributed by atoms with Crippen LogP contribution in [0.5, 0.6) is 0 Å². The Labute approximate surface area is 109 Å². The largest absolute Gasteiger partial charge is 0.466 e. The molecule has 0 aliphatic rings. The molecule has 0 radical (unpaired) electrons. The van der Waals surface area contributed by atoms with Crippen LogP contribution >= 0.6 is 0 Å². The molecule has 0 aliphatic heterocycles. The number of hydrogen-bond acceptors (Lipinski definition) is 3. The van der Waals surface area contributed by atoms with Crippen LogP contribution < -0.4 is 0 Å². The summed E-state index contributed by atoms with van der Waals surface area (Å²) in [5.41, 5.74) is 1.04. The fourth-order valence-corrected chi connectivity index (χ4v) is 2.03. The molecule has 0 heterocycles. The monoisotopic (exact) mass is 250 g/mol. The van der Waals surface area contributed by atoms with Gasteiger partial charge in [0.2, 0.25) is 0 Å². The number of carbonyl (C=O) groups excluding carboxylic acids is 1. The second kappa shape index (κ2) is 7.88. The van der Waals surface area contributed by atoms with Crippen LogP contribution in [0.25, 0.3) is 0 Å². The van der Waals surface area contributed by atoms with E-state index < -0.39 is 12.0 Å². The third-order valence-corrected chi connectivity index (χ3v) is 2.94. The van der Waals surface area contributed by atoms with Gasteiger partial charge in [0, 0.05) is 0 Å². The first-order valence-corrected chi connectivity index (χ1v) is 6.57. The molecule has 0 amide bonds. The predicted molar refractivity (Wildman–Crippen MR) is 71.2 cm³/mol. The van der Waals surface area contributed by atoms with Gasteiger partial charge in [-0.3, -0.25) is 4.79 Å². The summed E-state index contributed by atoms with van der Waals surface area (Å²) < 4.78 is 5.02. The second-order valence-electron chi connectivity index (χ2n) is 4.40. The molecule has 0 fully saturated rings. The van der Waals surface area contributed by atoms with Gasteiger partial charge in [-0.1, -0.05) is 43.7 Å². The maximum atomic E-state index is 11.8. The van der Waals surface area contributed by atoms with Crippen LogP contribution in [0.2, 0.25) is 0 Å². The number of ether oxygens (including phenoxy) is 1. The Morgan fingerprint density at radius 3 is 2.50 bits per heavy atom. The van der Waals surface area contributed by atoms with Gasteiger partial charge in [-0.25, -0.2) is 0 Å². The van der Waals surface area contributed by atoms with E-state index in [1.807, 2.05) is 37.3 Å². The van der Waals surface area contributed by atoms with Gasteiger partial charge in [0.15, 0.2) is 0 Å². The summed E-state index contributed by atoms with van der Waals surface area (Å²) in [6, 6.07) is 9.71. The molecule has 0 aliphatic carbocycles. The third kappa shape index (κ3) is 4.49. The van der Waals surface area contributed by atoms with Crippen LogP contribution in [-0.2, 0) is 16.0 Å². The molecule has 0 bridgehead atoms. The lowest BCUT2D eigenvalue weighted by molar-refractivity contribution is -0.152. The number of carbonyl (C=O) groups is 1. The van der Waals surface area contributed by atoms with E-state index in [1.165, 1.54) is 0 Å². The minimum absolute atomic E-state index is 0.289. The quantitative estimate of drug-likeness (QED) is 0.756. The molecule has 1 aromatic rings. The summed E-state index contributed by atoms with van der Waals surface area (Å²) in [7, 11) is 0. The van der Waals surface area contributed by atoms with Crippen LogP contribution in [0.15, 0.2) is 30.3 Å². The molecule has 3 nitrogen and oxygen atoms in total. The standard InChI is InChI=1S/C15H22O3/c1-3-8-13(15(17)18-4-2)14(16)11-12-9-6-5-7-10-12/h5-7,9-10,13-14,16H,3-4,8,11H2,1-2H3. The van der Waals surface area contributed by atoms with Crippen LogP contribution in [0.4, 0.5) is 0 Å². The fraction of sp³-hybridized carbons (Fsp3) is 0.533. The Bertz CT molecular complexity index is 348. The minimum Gasteiger partial charge on any atom is -0.466 e. The van der Waals surface area contributed by atoms with Gasteiger partial charge in [-0.15, -0.1) is 0 Å². The zero-order valence-corrected chi connectivity index (χ0v) is 11.1. The Hall–Kier alpha value is -1.35. The molecule has 100 valence electrons. The molecule has 0 saturated heterocycles. The highest BCUT2D eigenvalue weighted by molar-refractivity contribution is 5.73. The molecule has 0 spiro atoms. The van der Waals surface area contributed by atoms with Gasteiger partial charge in [0.1, 0.15) is 0 Å². The highest BCUT2D eigenvalue weighted by atomic mass is 16.5. The first-order chi connectivity index (χ1) is 8.69. The molecule has 0 saturated carbocycles. The number of esters is 1. The molecule has 2 unspecified atom stereocenters. The Morgan fingerprint density at radius 2 is 1.94 bits per heavy atom. The van der Waals surface area contributed by atoms with Crippen LogP contribution in [0.3, 0.4) is 0 Å². The maximum absolute atomic E-state index is 11.8. The lowest BCUT2D eigenvalue weighted by Crippen LogP contribution is -2.31. The average molecular weight is 250 g/mol. The van der Waals surface area contributed by atoms with Crippen molar-refractivity contribution in [2.45, 2.75) is 39.2 Å². The summed E-state index contributed by atoms with van der Waals surface area (Å²) in [6.45, 7) is 4.14. The molecular formula is C15H22O3. The van der Waals surface area contributed by atoms with E-state index in [4.69, 9.17) is 4.74 Å². The number of aliphatic hydroxyl groups is 1. The molecule has 18 heavy (non-hydrogen) atoms. The van der Waals surface area contributed by atoms with E-state index in [-0.39, 0.29) is 5.97 Å². The molecule has 1 rings (SSSR count). The molecule has 3 heteroatoms. The van der Waals surface area contributed by atoms with E-state index in [9.17, 15) is 9.90 Å². The van der Waals surface area contributed by atoms with Gasteiger partial charge in [-0.05, 0) is 25.3 Å². The molecule has 0 aromatic heterocycles. The van der Waals surface area contributed by atoms with Crippen molar-refractivity contribution < 1.29 is 14.6 Å². The fourth-order valence-electron chi connectivity index (χ4n) is 2.03. The Kier molecular flexibility index (Phi) is 6.44. The lowest BCUT2D eigenvalue weighted by Gasteiger charge is -2.20. The van der Waals surface area contributed by atoms with Crippen molar-refractivity contribution in [2.75, 3.05) is 6.61 Å². The number of benzene rings is 1. The minimum atomic E-state index is -0.675. The van der Waals surface area contributed by atoms with E-state index in [1.54, 1.807) is 6.92 Å². The van der Waals surface area contributed by atoms with Crippen molar-refractivity contribution in [1.82, 2.24) is 0 Å². The molecule has 1 aromatic carbocycles. The highest BCUT2D eigenvalue weighted by Gasteiger charge is 2.27. The van der Waals surface area contributed by atoms with E-state index in [0.29, 0.717) is 19.4 Å². The number of aliphatic hydroxyl groups excluding tert-OH is 1. The molecule has 2 atom stereocenters. The summed E-state index contributed by atoms with van der Waals surface area (Å²) >= 11 is 0. The van der Waals surface area contributed by atoms with Crippen molar-refractivity contribution in [3.63, 3.8) is 0 Å². The topological polar surface area (TPSA) is 46.5 Å². The van der Waals surface area contributed by atoms with Crippen molar-refractivity contribution in [1.29, 1.82) is 0 Å². The van der Waals surface area contributed by atoms with Gasteiger partial charge >= 0.3 is 5.97 Å². The Balaban J connectivity index is 2.64. The van der Waals surface area contributed by atoms with Gasteiger partial charge in [0.05, 0.1) is 18.6 Å². The number of hydrogen-bond donors (Lipinski definition) is 1. The zero-order chi connectivity index (χ0) is 13.4. The van der Waals surface area contributed by atoms with Gasteiger partial charge in [0.25, 0.3) is 0 Å². The summed E-state index contributed by atoms with van der Waals surface area (Å²) in [4.78, 5) is 11.8. The smallest absolute Gasteiger partial charge is 0.311 e. The van der Waals surface area contributed by atoms with E-state index >= 15 is 0 Å². The predicted octanol–water partition coefficient (Wildman–Crippen LogP) is 2.57. The first kappa shape index (κ1) is 14.7. The van der Waals surface area contributed by atoms with E-state index in [0.717, 1.165) is 12.0 Å². The normalized spacial score (nSPS) is 13.9. The summed E-state index contributed by atoms with van der Waals surface area (Å²) in [5, 5.41) is 10.2. The first-order valence-electron chi connectivity index (χ1n) is 6.57. The summed E-state index contributed by atoms with van der Waals surface area (Å²) in [5.74, 6) is -0.710. The average Bonchev–Trinajstić information content (AvgIpc) is 2.37. The van der Waals surface area contributed by atoms with Crippen molar-refractivity contribution >= 4 is 5.97 Å². The van der Waals surface area contributed by atoms with Crippen LogP contribution in [0, 0.1) is 5.92 Å². The SMILES string of the molecule is CCCC(C(=O)OCC)C(O)Cc1ccccc1. The highest BCUT2D eigenvalue weighted by Crippen LogP contribution is 2.17. The van der Waals surface area contributed by atoms with Gasteiger partial charge in [-0.2, -0.15) is 0 Å².